The van der Waals surface area contributed by atoms with Gasteiger partial charge < -0.3 is 74.8 Å². The highest BCUT2D eigenvalue weighted by atomic mass is 32.2. The molecule has 0 aliphatic carbocycles. The van der Waals surface area contributed by atoms with Crippen molar-refractivity contribution in [1.29, 1.82) is 0 Å². The molecule has 0 spiro atoms. The van der Waals surface area contributed by atoms with Gasteiger partial charge in [-0.05, 0) is 69.4 Å². The fourth-order valence-corrected chi connectivity index (χ4v) is 6.00. The van der Waals surface area contributed by atoms with E-state index in [0.717, 1.165) is 0 Å². The first-order chi connectivity index (χ1) is 29.6. The van der Waals surface area contributed by atoms with Gasteiger partial charge in [-0.3, -0.25) is 52.7 Å². The number of hydrogen-bond donors (Lipinski definition) is 14. The Labute approximate surface area is 368 Å². The van der Waals surface area contributed by atoms with Crippen LogP contribution in [-0.4, -0.2) is 166 Å². The highest BCUT2D eigenvalue weighted by Gasteiger charge is 2.34. The Morgan fingerprint density at radius 1 is 0.587 bits per heavy atom. The van der Waals surface area contributed by atoms with Crippen molar-refractivity contribution in [2.24, 2.45) is 23.1 Å². The number of rotatable bonds is 34. The Bertz CT molecular complexity index is 1570. The molecule has 0 bridgehead atoms. The molecule has 0 heterocycles. The van der Waals surface area contributed by atoms with Crippen molar-refractivity contribution in [3.63, 3.8) is 0 Å². The van der Waals surface area contributed by atoms with E-state index in [4.69, 9.17) is 27.4 Å². The van der Waals surface area contributed by atoms with Crippen LogP contribution in [0.2, 0.25) is 0 Å². The van der Waals surface area contributed by atoms with Crippen LogP contribution in [0.15, 0.2) is 0 Å². The van der Waals surface area contributed by atoms with E-state index < -0.39 is 140 Å². The van der Waals surface area contributed by atoms with E-state index in [0.29, 0.717) is 12.2 Å². The van der Waals surface area contributed by atoms with E-state index in [-0.39, 0.29) is 51.0 Å². The molecular weight excluding hydrogens is 857 g/mol. The molecule has 0 aromatic rings. The zero-order valence-corrected chi connectivity index (χ0v) is 36.3. The summed E-state index contributed by atoms with van der Waals surface area (Å²) in [7, 11) is 0. The fraction of sp³-hybridized carbons (Fsp3) is 0.703. The van der Waals surface area contributed by atoms with Crippen LogP contribution in [0.25, 0.3) is 0 Å². The molecule has 0 saturated heterocycles. The number of carbonyl (C=O) groups excluding carboxylic acids is 9. The summed E-state index contributed by atoms with van der Waals surface area (Å²) in [6.07, 6.45) is 1.24. The van der Waals surface area contributed by atoms with E-state index in [1.54, 1.807) is 20.1 Å². The summed E-state index contributed by atoms with van der Waals surface area (Å²) < 4.78 is 0. The maximum absolute atomic E-state index is 13.8. The molecule has 17 N–H and O–H groups in total. The number of aliphatic carboxylic acids is 2. The van der Waals surface area contributed by atoms with Gasteiger partial charge in [0, 0.05) is 12.8 Å². The molecule has 0 aromatic carbocycles. The molecule has 0 aliphatic heterocycles. The third-order valence-electron chi connectivity index (χ3n) is 8.94. The number of carboxylic acid groups (broad SMARTS) is 2. The van der Waals surface area contributed by atoms with E-state index in [1.165, 1.54) is 18.0 Å². The van der Waals surface area contributed by atoms with Gasteiger partial charge in [0.15, 0.2) is 0 Å². The minimum absolute atomic E-state index is 0.0201. The summed E-state index contributed by atoms with van der Waals surface area (Å²) in [4.78, 5) is 139. The van der Waals surface area contributed by atoms with Crippen LogP contribution in [0.5, 0.6) is 0 Å². The van der Waals surface area contributed by atoms with Gasteiger partial charge in [0.2, 0.25) is 53.5 Å². The van der Waals surface area contributed by atoms with E-state index in [9.17, 15) is 63.0 Å². The maximum Gasteiger partial charge on any atom is 0.305 e. The average Bonchev–Trinajstić information content (AvgIpc) is 3.22. The number of carbonyl (C=O) groups is 10. The second kappa shape index (κ2) is 31.4. The summed E-state index contributed by atoms with van der Waals surface area (Å²) in [5.41, 5.74) is 16.4. The van der Waals surface area contributed by atoms with Crippen LogP contribution in [0.3, 0.4) is 0 Å². The predicted molar refractivity (Wildman–Crippen MR) is 224 cm³/mol. The van der Waals surface area contributed by atoms with Gasteiger partial charge in [0.1, 0.15) is 42.3 Å². The zero-order chi connectivity index (χ0) is 48.2. The summed E-state index contributed by atoms with van der Waals surface area (Å²) in [6, 6.07) is -12.0. The largest absolute Gasteiger partial charge is 0.481 e. The Balaban J connectivity index is 6.38. The quantitative estimate of drug-likeness (QED) is 0.0268. The van der Waals surface area contributed by atoms with Gasteiger partial charge in [-0.1, -0.05) is 13.8 Å². The molecule has 8 atom stereocenters. The zero-order valence-electron chi connectivity index (χ0n) is 35.5. The number of primary amides is 1. The monoisotopic (exact) mass is 919 g/mol. The number of carboxylic acids is 2. The molecule has 0 fully saturated rings. The Morgan fingerprint density at radius 2 is 1.06 bits per heavy atom. The lowest BCUT2D eigenvalue weighted by Crippen LogP contribution is -2.61. The lowest BCUT2D eigenvalue weighted by atomic mass is 10.0. The minimum Gasteiger partial charge on any atom is -0.481 e. The summed E-state index contributed by atoms with van der Waals surface area (Å²) in [5, 5.41) is 53.9. The summed E-state index contributed by atoms with van der Waals surface area (Å²) >= 11 is 1.31. The topological polar surface area (TPSA) is 431 Å². The second-order valence-corrected chi connectivity index (χ2v) is 15.7. The molecule has 25 nitrogen and oxygen atoms in total. The minimum atomic E-state index is -1.75. The van der Waals surface area contributed by atoms with Crippen LogP contribution >= 0.6 is 11.8 Å². The third-order valence-corrected chi connectivity index (χ3v) is 9.59. The number of nitrogens with one attached hydrogen (secondary N) is 7. The number of thioether (sulfide) groups is 1. The lowest BCUT2D eigenvalue weighted by molar-refractivity contribution is -0.141. The van der Waals surface area contributed by atoms with Gasteiger partial charge in [0.05, 0.1) is 25.7 Å². The van der Waals surface area contributed by atoms with Crippen molar-refractivity contribution >= 4 is 77.2 Å². The van der Waals surface area contributed by atoms with Gasteiger partial charge in [-0.15, -0.1) is 0 Å². The molecule has 63 heavy (non-hydrogen) atoms. The predicted octanol–water partition coefficient (Wildman–Crippen LogP) is -5.67. The van der Waals surface area contributed by atoms with Crippen molar-refractivity contribution in [1.82, 2.24) is 37.2 Å². The lowest BCUT2D eigenvalue weighted by Gasteiger charge is -2.27. The standard InChI is InChI=1S/C37H63N10O15S/c1-19(2)14-25(46-36(61)26(15-30(54)55)45-31(56)21(39)17-49)35(60)47-27(18-50)37(62)42-22(6-4-5-12-38)33(58)43-23(8-9-28(40)51)34(59)44-24(11-13-63-3)32(57)41-20(16-48)7-10-29(52)53/h19-27,49-50H,4-15,17-18,38-39H2,1-3H3,(H2,40,51)(H,41,57)(H,42,62)(H,43,58)(H,44,59)(H,45,56)(H,46,61)(H,47,60)(H,52,53)(H,54,55)/t20-,21-,22-,23-,24-,25-,26-,27-/m0/s1. The first-order valence-corrected chi connectivity index (χ1v) is 21.4. The maximum atomic E-state index is 13.8. The highest BCUT2D eigenvalue weighted by molar-refractivity contribution is 7.98. The van der Waals surface area contributed by atoms with Crippen LogP contribution < -0.4 is 54.4 Å². The first kappa shape index (κ1) is 57.6. The Morgan fingerprint density at radius 3 is 1.54 bits per heavy atom. The van der Waals surface area contributed by atoms with Gasteiger partial charge in [-0.25, -0.2) is 0 Å². The van der Waals surface area contributed by atoms with Gasteiger partial charge in [0.25, 0.3) is 0 Å². The third kappa shape index (κ3) is 24.1. The molecule has 0 saturated carbocycles. The van der Waals surface area contributed by atoms with Crippen LogP contribution in [-0.2, 0) is 52.7 Å². The normalized spacial score (nSPS) is 14.8. The SMILES string of the molecule is CSCC[C@H](NC(=O)[C@H](CCC(N)=O)NC(=O)[C@H](CCCCN)NC(=O)[C@H](CO)NC(=O)[C@H](CC(C)C)NC(=O)[C@H](CC(=O)O)NC(=O)[C@@H](N)CO)C(=O)N[C@H]([C]=O)CCC(=O)O. The molecule has 357 valence electrons. The van der Waals surface area contributed by atoms with Crippen molar-refractivity contribution in [3.05, 3.63) is 0 Å². The number of hydrogen-bond acceptors (Lipinski definition) is 16. The average molecular weight is 920 g/mol. The molecule has 0 rings (SSSR count). The van der Waals surface area contributed by atoms with Gasteiger partial charge >= 0.3 is 11.9 Å². The van der Waals surface area contributed by atoms with E-state index in [2.05, 4.69) is 37.2 Å². The molecular formula is C37H63N10O15S. The molecule has 0 aromatic heterocycles. The number of aliphatic hydroxyl groups excluding tert-OH is 2. The molecule has 0 aliphatic rings. The second-order valence-electron chi connectivity index (χ2n) is 14.7. The van der Waals surface area contributed by atoms with E-state index in [1.807, 2.05) is 0 Å². The summed E-state index contributed by atoms with van der Waals surface area (Å²) in [5.74, 6) is -10.6. The molecule has 26 heteroatoms. The fourth-order valence-electron chi connectivity index (χ4n) is 5.53. The first-order valence-electron chi connectivity index (χ1n) is 20.0. The Hall–Kier alpha value is -5.44. The van der Waals surface area contributed by atoms with Gasteiger partial charge in [-0.2, -0.15) is 11.8 Å². The highest BCUT2D eigenvalue weighted by Crippen LogP contribution is 2.10. The van der Waals surface area contributed by atoms with Crippen molar-refractivity contribution < 1.29 is 73.2 Å². The van der Waals surface area contributed by atoms with Crippen molar-refractivity contribution in [2.75, 3.05) is 31.8 Å². The molecule has 8 amide bonds. The summed E-state index contributed by atoms with van der Waals surface area (Å²) in [6.45, 7) is 1.68. The number of unbranched alkanes of at least 4 members (excludes halogenated alkanes) is 1. The number of nitrogens with two attached hydrogens (primary N) is 3. The van der Waals surface area contributed by atoms with Crippen LogP contribution in [0.1, 0.15) is 78.1 Å². The number of aliphatic hydroxyl groups is 2. The van der Waals surface area contributed by atoms with Crippen LogP contribution in [0, 0.1) is 5.92 Å². The van der Waals surface area contributed by atoms with Crippen molar-refractivity contribution in [2.45, 2.75) is 126 Å². The Kier molecular flexibility index (Phi) is 28.7. The molecule has 0 unspecified atom stereocenters. The molecule has 1 radical (unpaired) electrons. The number of amides is 8. The smallest absolute Gasteiger partial charge is 0.305 e. The van der Waals surface area contributed by atoms with Crippen LogP contribution in [0.4, 0.5) is 0 Å². The van der Waals surface area contributed by atoms with E-state index >= 15 is 0 Å². The van der Waals surface area contributed by atoms with Crippen molar-refractivity contribution in [3.8, 4) is 0 Å².